The van der Waals surface area contributed by atoms with Gasteiger partial charge in [-0.2, -0.15) is 0 Å². The summed E-state index contributed by atoms with van der Waals surface area (Å²) in [5.41, 5.74) is 4.83. The summed E-state index contributed by atoms with van der Waals surface area (Å²) in [4.78, 5) is 2.03. The minimum absolute atomic E-state index is 0.480. The third kappa shape index (κ3) is 3.59. The lowest BCUT2D eigenvalue weighted by molar-refractivity contribution is 0.624. The zero-order chi connectivity index (χ0) is 22.4. The van der Waals surface area contributed by atoms with Gasteiger partial charge in [-0.05, 0) is 47.5 Å². The molecule has 6 rings (SSSR count). The second-order valence-electron chi connectivity index (χ2n) is 7.70. The van der Waals surface area contributed by atoms with Gasteiger partial charge in [-0.15, -0.1) is 11.3 Å². The summed E-state index contributed by atoms with van der Waals surface area (Å²) in [5, 5.41) is 2.09. The first-order valence-electron chi connectivity index (χ1n) is 10.5. The second-order valence-corrected chi connectivity index (χ2v) is 9.57. The Morgan fingerprint density at radius 1 is 0.667 bits per heavy atom. The Morgan fingerprint density at radius 2 is 1.42 bits per heavy atom. The summed E-state index contributed by atoms with van der Waals surface area (Å²) in [6.45, 7) is 0. The Kier molecular flexibility index (Phi) is 5.11. The topological polar surface area (TPSA) is 16.4 Å². The highest BCUT2D eigenvalue weighted by molar-refractivity contribution is 7.25. The average Bonchev–Trinajstić information content (AvgIpc) is 3.41. The van der Waals surface area contributed by atoms with Crippen molar-refractivity contribution in [3.63, 3.8) is 0 Å². The molecule has 0 bridgehead atoms. The highest BCUT2D eigenvalue weighted by atomic mass is 35.5. The highest BCUT2D eigenvalue weighted by Gasteiger charge is 2.22. The molecular weight excluding hydrogens is 469 g/mol. The summed E-state index contributed by atoms with van der Waals surface area (Å²) in [6.07, 6.45) is 0. The molecule has 0 spiro atoms. The molecule has 0 radical (unpaired) electrons. The van der Waals surface area contributed by atoms with E-state index in [0.29, 0.717) is 15.9 Å². The molecule has 2 heterocycles. The van der Waals surface area contributed by atoms with Crippen LogP contribution in [0.2, 0.25) is 10.0 Å². The molecule has 0 unspecified atom stereocenters. The van der Waals surface area contributed by atoms with Crippen molar-refractivity contribution >= 4 is 72.2 Å². The monoisotopic (exact) mass is 485 g/mol. The van der Waals surface area contributed by atoms with Crippen molar-refractivity contribution in [2.75, 3.05) is 4.90 Å². The molecule has 0 aliphatic rings. The van der Waals surface area contributed by atoms with Crippen LogP contribution in [0.1, 0.15) is 0 Å². The minimum atomic E-state index is 0.480. The van der Waals surface area contributed by atoms with E-state index < -0.39 is 0 Å². The van der Waals surface area contributed by atoms with E-state index in [-0.39, 0.29) is 0 Å². The van der Waals surface area contributed by atoms with Crippen molar-refractivity contribution in [3.05, 3.63) is 113 Å². The van der Waals surface area contributed by atoms with Crippen molar-refractivity contribution in [2.45, 2.75) is 0 Å². The van der Waals surface area contributed by atoms with Gasteiger partial charge in [-0.1, -0.05) is 83.9 Å². The average molecular weight is 486 g/mol. The molecule has 5 heteroatoms. The first-order valence-corrected chi connectivity index (χ1v) is 12.1. The quantitative estimate of drug-likeness (QED) is 0.246. The van der Waals surface area contributed by atoms with Gasteiger partial charge in [0, 0.05) is 21.8 Å². The van der Waals surface area contributed by atoms with Crippen molar-refractivity contribution in [2.24, 2.45) is 0 Å². The van der Waals surface area contributed by atoms with Crippen LogP contribution in [0.15, 0.2) is 108 Å². The third-order valence-electron chi connectivity index (χ3n) is 5.64. The van der Waals surface area contributed by atoms with Crippen molar-refractivity contribution in [1.82, 2.24) is 0 Å². The van der Waals surface area contributed by atoms with E-state index in [1.165, 1.54) is 4.70 Å². The van der Waals surface area contributed by atoms with Crippen LogP contribution in [-0.4, -0.2) is 0 Å². The molecule has 2 aromatic heterocycles. The maximum Gasteiger partial charge on any atom is 0.206 e. The predicted octanol–water partition coefficient (Wildman–Crippen LogP) is 10.1. The smallest absolute Gasteiger partial charge is 0.206 e. The number of thiophene rings is 1. The lowest BCUT2D eigenvalue weighted by Crippen LogP contribution is -2.09. The molecule has 33 heavy (non-hydrogen) atoms. The molecule has 160 valence electrons. The first-order chi connectivity index (χ1) is 16.2. The molecule has 0 aliphatic carbocycles. The zero-order valence-corrected chi connectivity index (χ0v) is 19.7. The Bertz CT molecular complexity index is 1600. The van der Waals surface area contributed by atoms with Gasteiger partial charge < -0.3 is 4.42 Å². The predicted molar refractivity (Wildman–Crippen MR) is 142 cm³/mol. The summed E-state index contributed by atoms with van der Waals surface area (Å²) in [5.74, 6) is 0.691. The molecule has 0 aliphatic heterocycles. The van der Waals surface area contributed by atoms with Gasteiger partial charge in [0.1, 0.15) is 0 Å². The van der Waals surface area contributed by atoms with E-state index in [2.05, 4.69) is 48.5 Å². The number of anilines is 3. The summed E-state index contributed by atoms with van der Waals surface area (Å²) < 4.78 is 8.76. The summed E-state index contributed by atoms with van der Waals surface area (Å²) in [7, 11) is 0. The number of furan rings is 1. The molecular formula is C28H17Cl2NOS. The van der Waals surface area contributed by atoms with Crippen molar-refractivity contribution in [3.8, 4) is 11.1 Å². The summed E-state index contributed by atoms with van der Waals surface area (Å²) >= 11 is 14.8. The van der Waals surface area contributed by atoms with Gasteiger partial charge in [0.25, 0.3) is 0 Å². The van der Waals surface area contributed by atoms with Gasteiger partial charge >= 0.3 is 0 Å². The van der Waals surface area contributed by atoms with Gasteiger partial charge in [0.15, 0.2) is 5.58 Å². The van der Waals surface area contributed by atoms with Crippen molar-refractivity contribution < 1.29 is 4.42 Å². The van der Waals surface area contributed by atoms with Crippen LogP contribution in [0.5, 0.6) is 0 Å². The lowest BCUT2D eigenvalue weighted by atomic mass is 10.0. The van der Waals surface area contributed by atoms with E-state index in [4.69, 9.17) is 27.6 Å². The van der Waals surface area contributed by atoms with Gasteiger partial charge in [-0.25, -0.2) is 0 Å². The van der Waals surface area contributed by atoms with Crippen LogP contribution >= 0.6 is 34.5 Å². The van der Waals surface area contributed by atoms with E-state index in [0.717, 1.165) is 38.2 Å². The van der Waals surface area contributed by atoms with E-state index >= 15 is 0 Å². The number of benzene rings is 4. The summed E-state index contributed by atoms with van der Waals surface area (Å²) in [6, 6.07) is 34.7. The number of rotatable bonds is 4. The number of hydrogen-bond donors (Lipinski definition) is 0. The fraction of sp³-hybridized carbons (Fsp3) is 0. The van der Waals surface area contributed by atoms with Gasteiger partial charge in [0.05, 0.1) is 20.4 Å². The molecule has 0 N–H and O–H groups in total. The maximum absolute atomic E-state index is 6.70. The number of nitrogens with zero attached hydrogens (tertiary/aromatic N) is 1. The number of halogens is 2. The second kappa shape index (κ2) is 8.27. The third-order valence-corrected chi connectivity index (χ3v) is 7.55. The van der Waals surface area contributed by atoms with Crippen LogP contribution < -0.4 is 4.90 Å². The van der Waals surface area contributed by atoms with Crippen LogP contribution in [0.4, 0.5) is 17.3 Å². The number of fused-ring (bicyclic) bond motifs is 3. The van der Waals surface area contributed by atoms with Crippen LogP contribution in [0.25, 0.3) is 31.5 Å². The molecule has 0 saturated heterocycles. The minimum Gasteiger partial charge on any atom is -0.438 e. The fourth-order valence-electron chi connectivity index (χ4n) is 4.10. The lowest BCUT2D eigenvalue weighted by Gasteiger charge is -2.24. The Labute approximate surface area is 205 Å². The zero-order valence-electron chi connectivity index (χ0n) is 17.3. The molecule has 0 fully saturated rings. The standard InChI is InChI=1S/C28H17Cl2NOS/c29-22-13-7-14-23(27(22)30)31(20-11-6-10-19(16-20)18-8-2-1-3-9-18)26-17-25-28(32-26)21-12-4-5-15-24(21)33-25/h1-17H. The van der Waals surface area contributed by atoms with Gasteiger partial charge in [0.2, 0.25) is 5.88 Å². The molecule has 0 atom stereocenters. The molecule has 2 nitrogen and oxygen atoms in total. The molecule has 0 amide bonds. The van der Waals surface area contributed by atoms with Crippen LogP contribution in [0, 0.1) is 0 Å². The van der Waals surface area contributed by atoms with Gasteiger partial charge in [-0.3, -0.25) is 4.90 Å². The van der Waals surface area contributed by atoms with Crippen LogP contribution in [0.3, 0.4) is 0 Å². The highest BCUT2D eigenvalue weighted by Crippen LogP contribution is 2.46. The molecule has 0 saturated carbocycles. The van der Waals surface area contributed by atoms with E-state index in [9.17, 15) is 0 Å². The Hall–Kier alpha value is -3.24. The maximum atomic E-state index is 6.70. The molecule has 4 aromatic carbocycles. The van der Waals surface area contributed by atoms with Crippen molar-refractivity contribution in [1.29, 1.82) is 0 Å². The van der Waals surface area contributed by atoms with Crippen LogP contribution in [-0.2, 0) is 0 Å². The SMILES string of the molecule is Clc1cccc(N(c2cccc(-c3ccccc3)c2)c2cc3sc4ccccc4c3o2)c1Cl. The molecule has 6 aromatic rings. The van der Waals surface area contributed by atoms with E-state index in [1.54, 1.807) is 17.4 Å². The Morgan fingerprint density at radius 3 is 2.30 bits per heavy atom. The number of hydrogen-bond acceptors (Lipinski definition) is 3. The normalized spacial score (nSPS) is 11.3. The first kappa shape index (κ1) is 20.4. The fourth-order valence-corrected chi connectivity index (χ4v) is 5.54. The largest absolute Gasteiger partial charge is 0.438 e. The van der Waals surface area contributed by atoms with E-state index in [1.807, 2.05) is 53.4 Å². The Balaban J connectivity index is 1.57.